The van der Waals surface area contributed by atoms with Crippen LogP contribution < -0.4 is 19.9 Å². The first-order valence-corrected chi connectivity index (χ1v) is 8.99. The van der Waals surface area contributed by atoms with Gasteiger partial charge in [-0.15, -0.1) is 0 Å². The molecule has 2 aromatic carbocycles. The van der Waals surface area contributed by atoms with Crippen LogP contribution in [0.25, 0.3) is 11.3 Å². The zero-order valence-corrected chi connectivity index (χ0v) is 14.6. The molecule has 0 saturated carbocycles. The number of fused-ring (bicyclic) bond motifs is 4. The number of hydrogen-bond donors (Lipinski definition) is 0. The highest BCUT2D eigenvalue weighted by molar-refractivity contribution is 5.66. The number of benzene rings is 2. The second kappa shape index (κ2) is 6.46. The van der Waals surface area contributed by atoms with E-state index in [0.29, 0.717) is 24.8 Å². The molecule has 3 heterocycles. The molecule has 0 spiro atoms. The van der Waals surface area contributed by atoms with Gasteiger partial charge in [0.2, 0.25) is 5.88 Å². The predicted molar refractivity (Wildman–Crippen MR) is 99.5 cm³/mol. The molecule has 0 amide bonds. The molecular weight excluding hydrogens is 344 g/mol. The molecule has 2 aliphatic heterocycles. The van der Waals surface area contributed by atoms with Crippen LogP contribution in [0, 0.1) is 0 Å². The molecule has 27 heavy (non-hydrogen) atoms. The highest BCUT2D eigenvalue weighted by atomic mass is 16.6. The van der Waals surface area contributed by atoms with Crippen LogP contribution in [0.4, 0.5) is 0 Å². The van der Waals surface area contributed by atoms with Gasteiger partial charge in [-0.25, -0.2) is 4.79 Å². The Balaban J connectivity index is 1.37. The van der Waals surface area contributed by atoms with Crippen molar-refractivity contribution in [1.29, 1.82) is 0 Å². The highest BCUT2D eigenvalue weighted by Crippen LogP contribution is 2.32. The lowest BCUT2D eigenvalue weighted by atomic mass is 9.98. The largest absolute Gasteiger partial charge is 0.486 e. The molecular formula is C21H18N2O4. The van der Waals surface area contributed by atoms with Gasteiger partial charge in [0.15, 0.2) is 17.6 Å². The van der Waals surface area contributed by atoms with E-state index >= 15 is 0 Å². The van der Waals surface area contributed by atoms with Gasteiger partial charge in [0.05, 0.1) is 5.69 Å². The van der Waals surface area contributed by atoms with Crippen molar-refractivity contribution in [2.24, 2.45) is 0 Å². The van der Waals surface area contributed by atoms with E-state index in [1.54, 1.807) is 4.57 Å². The van der Waals surface area contributed by atoms with Crippen LogP contribution in [0.15, 0.2) is 59.4 Å². The second-order valence-electron chi connectivity index (χ2n) is 6.63. The molecule has 6 nitrogen and oxygen atoms in total. The number of para-hydroxylation sites is 2. The summed E-state index contributed by atoms with van der Waals surface area (Å²) in [7, 11) is 0. The number of rotatable bonds is 3. The maximum atomic E-state index is 12.4. The number of hydrogen-bond acceptors (Lipinski definition) is 5. The molecule has 3 aromatic rings. The Hall–Kier alpha value is -3.28. The topological polar surface area (TPSA) is 62.6 Å². The first-order chi connectivity index (χ1) is 13.3. The van der Waals surface area contributed by atoms with E-state index in [1.807, 2.05) is 48.5 Å². The molecule has 0 aliphatic carbocycles. The lowest BCUT2D eigenvalue weighted by molar-refractivity contribution is 0.0520. The summed E-state index contributed by atoms with van der Waals surface area (Å²) >= 11 is 0. The average Bonchev–Trinajstić information content (AvgIpc) is 2.72. The lowest BCUT2D eigenvalue weighted by Crippen LogP contribution is -2.35. The molecule has 2 aliphatic rings. The van der Waals surface area contributed by atoms with E-state index in [2.05, 4.69) is 11.1 Å². The van der Waals surface area contributed by atoms with E-state index in [1.165, 1.54) is 5.56 Å². The van der Waals surface area contributed by atoms with E-state index in [9.17, 15) is 4.79 Å². The van der Waals surface area contributed by atoms with Crippen molar-refractivity contribution in [1.82, 2.24) is 9.55 Å². The van der Waals surface area contributed by atoms with Crippen molar-refractivity contribution in [3.63, 3.8) is 0 Å². The van der Waals surface area contributed by atoms with Crippen LogP contribution in [-0.2, 0) is 13.0 Å². The lowest BCUT2D eigenvalue weighted by Gasteiger charge is -2.26. The van der Waals surface area contributed by atoms with Crippen molar-refractivity contribution in [3.05, 3.63) is 70.6 Å². The van der Waals surface area contributed by atoms with Gasteiger partial charge in [-0.3, -0.25) is 4.57 Å². The third kappa shape index (κ3) is 2.93. The van der Waals surface area contributed by atoms with Crippen LogP contribution in [0.2, 0.25) is 0 Å². The van der Waals surface area contributed by atoms with Gasteiger partial charge >= 0.3 is 5.69 Å². The van der Waals surface area contributed by atoms with Crippen LogP contribution in [0.1, 0.15) is 5.56 Å². The van der Waals surface area contributed by atoms with E-state index in [-0.39, 0.29) is 18.4 Å². The summed E-state index contributed by atoms with van der Waals surface area (Å²) in [4.78, 5) is 16.5. The van der Waals surface area contributed by atoms with Gasteiger partial charge in [0.1, 0.15) is 13.2 Å². The Bertz CT molecular complexity index is 1060. The predicted octanol–water partition coefficient (Wildman–Crippen LogP) is 2.69. The van der Waals surface area contributed by atoms with Crippen LogP contribution in [0.3, 0.4) is 0 Å². The number of aryl methyl sites for hydroxylation is 1. The number of aromatic nitrogens is 2. The van der Waals surface area contributed by atoms with Crippen molar-refractivity contribution in [2.75, 3.05) is 13.2 Å². The summed E-state index contributed by atoms with van der Waals surface area (Å²) in [5.41, 5.74) is 2.84. The second-order valence-corrected chi connectivity index (χ2v) is 6.63. The SMILES string of the molecule is O=c1nc(OCC2COc3ccccc3O2)cc2n1CCc1ccccc1-2. The minimum atomic E-state index is -0.289. The Morgan fingerprint density at radius 1 is 1.11 bits per heavy atom. The van der Waals surface area contributed by atoms with Gasteiger partial charge < -0.3 is 14.2 Å². The van der Waals surface area contributed by atoms with Crippen molar-refractivity contribution < 1.29 is 14.2 Å². The molecule has 5 rings (SSSR count). The van der Waals surface area contributed by atoms with Crippen molar-refractivity contribution in [2.45, 2.75) is 19.1 Å². The van der Waals surface area contributed by atoms with Crippen LogP contribution in [0.5, 0.6) is 17.4 Å². The third-order valence-electron chi connectivity index (χ3n) is 4.87. The summed E-state index contributed by atoms with van der Waals surface area (Å²) in [6, 6.07) is 17.5. The molecule has 6 heteroatoms. The van der Waals surface area contributed by atoms with Gasteiger partial charge in [-0.1, -0.05) is 36.4 Å². The van der Waals surface area contributed by atoms with Crippen molar-refractivity contribution >= 4 is 0 Å². The molecule has 0 fully saturated rings. The third-order valence-corrected chi connectivity index (χ3v) is 4.87. The standard InChI is InChI=1S/C21H18N2O4/c24-21-22-20(11-17-16-6-2-1-5-14(16)9-10-23(17)21)26-13-15-12-25-18-7-3-4-8-19(18)27-15/h1-8,11,15H,9-10,12-13H2. The van der Waals surface area contributed by atoms with Crippen molar-refractivity contribution in [3.8, 4) is 28.6 Å². The van der Waals surface area contributed by atoms with Gasteiger partial charge in [0, 0.05) is 18.2 Å². The summed E-state index contributed by atoms with van der Waals surface area (Å²) in [6.45, 7) is 1.28. The first-order valence-electron chi connectivity index (χ1n) is 8.99. The van der Waals surface area contributed by atoms with Gasteiger partial charge in [-0.2, -0.15) is 4.98 Å². The zero-order valence-electron chi connectivity index (χ0n) is 14.6. The minimum Gasteiger partial charge on any atom is -0.486 e. The molecule has 0 bridgehead atoms. The molecule has 1 atom stereocenters. The van der Waals surface area contributed by atoms with Gasteiger partial charge in [0.25, 0.3) is 0 Å². The van der Waals surface area contributed by atoms with E-state index in [0.717, 1.165) is 23.4 Å². The first kappa shape index (κ1) is 15.9. The minimum absolute atomic E-state index is 0.256. The van der Waals surface area contributed by atoms with Crippen LogP contribution in [-0.4, -0.2) is 28.9 Å². The maximum Gasteiger partial charge on any atom is 0.351 e. The number of nitrogens with zero attached hydrogens (tertiary/aromatic N) is 2. The summed E-state index contributed by atoms with van der Waals surface area (Å²) in [5, 5.41) is 0. The molecule has 0 radical (unpaired) electrons. The van der Waals surface area contributed by atoms with E-state index < -0.39 is 0 Å². The fourth-order valence-electron chi connectivity index (χ4n) is 3.54. The fourth-order valence-corrected chi connectivity index (χ4v) is 3.54. The Kier molecular flexibility index (Phi) is 3.81. The normalized spacial score (nSPS) is 17.0. The summed E-state index contributed by atoms with van der Waals surface area (Å²) in [6.07, 6.45) is 0.574. The Labute approximate surface area is 156 Å². The average molecular weight is 362 g/mol. The summed E-state index contributed by atoms with van der Waals surface area (Å²) < 4.78 is 19.1. The zero-order chi connectivity index (χ0) is 18.2. The molecule has 1 aromatic heterocycles. The molecule has 1 unspecified atom stereocenters. The summed E-state index contributed by atoms with van der Waals surface area (Å²) in [5.74, 6) is 1.74. The highest BCUT2D eigenvalue weighted by Gasteiger charge is 2.23. The number of ether oxygens (including phenoxy) is 3. The molecule has 0 saturated heterocycles. The van der Waals surface area contributed by atoms with Gasteiger partial charge in [-0.05, 0) is 24.1 Å². The smallest absolute Gasteiger partial charge is 0.351 e. The van der Waals surface area contributed by atoms with Crippen LogP contribution >= 0.6 is 0 Å². The molecule has 136 valence electrons. The maximum absolute atomic E-state index is 12.4. The quantitative estimate of drug-likeness (QED) is 0.717. The van der Waals surface area contributed by atoms with E-state index in [4.69, 9.17) is 14.2 Å². The molecule has 0 N–H and O–H groups in total. The monoisotopic (exact) mass is 362 g/mol. The fraction of sp³-hybridized carbons (Fsp3) is 0.238. The Morgan fingerprint density at radius 3 is 2.85 bits per heavy atom. The Morgan fingerprint density at radius 2 is 1.93 bits per heavy atom.